The van der Waals surface area contributed by atoms with Crippen molar-refractivity contribution in [1.29, 1.82) is 0 Å². The van der Waals surface area contributed by atoms with Gasteiger partial charge in [-0.1, -0.05) is 36.4 Å². The van der Waals surface area contributed by atoms with Crippen LogP contribution in [0, 0.1) is 11.7 Å². The molecule has 1 aromatic heterocycles. The van der Waals surface area contributed by atoms with E-state index in [1.165, 1.54) is 18.0 Å². The fourth-order valence-corrected chi connectivity index (χ4v) is 3.63. The number of nitrogens with zero attached hydrogens (tertiary/aromatic N) is 3. The van der Waals surface area contributed by atoms with Crippen LogP contribution < -0.4 is 5.32 Å². The summed E-state index contributed by atoms with van der Waals surface area (Å²) in [5.74, 6) is 0.905. The Balaban J connectivity index is 1.33. The number of hydrogen-bond acceptors (Lipinski definition) is 4. The monoisotopic (exact) mass is 350 g/mol. The molecule has 26 heavy (non-hydrogen) atoms. The molecule has 0 bridgehead atoms. The third-order valence-corrected chi connectivity index (χ3v) is 5.13. The van der Waals surface area contributed by atoms with E-state index in [2.05, 4.69) is 50.5 Å². The number of fused-ring (bicyclic) bond motifs is 1. The van der Waals surface area contributed by atoms with Gasteiger partial charge in [-0.2, -0.15) is 0 Å². The number of aromatic nitrogens is 2. The van der Waals surface area contributed by atoms with Crippen LogP contribution >= 0.6 is 0 Å². The predicted octanol–water partition coefficient (Wildman–Crippen LogP) is 4.09. The molecule has 2 aromatic carbocycles. The highest BCUT2D eigenvalue weighted by Crippen LogP contribution is 2.24. The van der Waals surface area contributed by atoms with E-state index in [0.29, 0.717) is 22.6 Å². The van der Waals surface area contributed by atoms with Gasteiger partial charge in [-0.15, -0.1) is 0 Å². The summed E-state index contributed by atoms with van der Waals surface area (Å²) in [5.41, 5.74) is 2.01. The van der Waals surface area contributed by atoms with Gasteiger partial charge in [0.25, 0.3) is 0 Å². The third-order valence-electron chi connectivity index (χ3n) is 5.13. The normalized spacial score (nSPS) is 16.0. The molecule has 4 rings (SSSR count). The first-order valence-corrected chi connectivity index (χ1v) is 9.19. The standard InChI is InChI=1S/C21H23FN4/c22-18-7-4-8-19-20(18)21(25-15-24-19)23-13-16-9-11-26(12-10-16)14-17-5-2-1-3-6-17/h1-8,15-16H,9-14H2,(H,23,24,25). The zero-order chi connectivity index (χ0) is 17.8. The van der Waals surface area contributed by atoms with E-state index in [9.17, 15) is 4.39 Å². The first kappa shape index (κ1) is 16.9. The number of anilines is 1. The number of hydrogen-bond donors (Lipinski definition) is 1. The van der Waals surface area contributed by atoms with Gasteiger partial charge in [-0.05, 0) is 49.5 Å². The average Bonchev–Trinajstić information content (AvgIpc) is 2.68. The van der Waals surface area contributed by atoms with E-state index in [1.54, 1.807) is 6.07 Å². The molecule has 134 valence electrons. The lowest BCUT2D eigenvalue weighted by molar-refractivity contribution is 0.182. The van der Waals surface area contributed by atoms with E-state index in [-0.39, 0.29) is 5.82 Å². The Morgan fingerprint density at radius 3 is 2.62 bits per heavy atom. The van der Waals surface area contributed by atoms with E-state index >= 15 is 0 Å². The maximum Gasteiger partial charge on any atom is 0.140 e. The van der Waals surface area contributed by atoms with Crippen LogP contribution in [0.1, 0.15) is 18.4 Å². The zero-order valence-corrected chi connectivity index (χ0v) is 14.7. The van der Waals surface area contributed by atoms with E-state index in [4.69, 9.17) is 0 Å². The van der Waals surface area contributed by atoms with Gasteiger partial charge in [0.1, 0.15) is 18.0 Å². The lowest BCUT2D eigenvalue weighted by Crippen LogP contribution is -2.35. The molecule has 3 aromatic rings. The fourth-order valence-electron chi connectivity index (χ4n) is 3.63. The van der Waals surface area contributed by atoms with Crippen LogP contribution in [0.25, 0.3) is 10.9 Å². The van der Waals surface area contributed by atoms with Gasteiger partial charge < -0.3 is 5.32 Å². The Morgan fingerprint density at radius 2 is 1.81 bits per heavy atom. The van der Waals surface area contributed by atoms with Crippen LogP contribution in [-0.4, -0.2) is 34.5 Å². The third kappa shape index (κ3) is 3.83. The minimum atomic E-state index is -0.275. The number of halogens is 1. The zero-order valence-electron chi connectivity index (χ0n) is 14.7. The number of piperidine rings is 1. The average molecular weight is 350 g/mol. The Bertz CT molecular complexity index is 855. The molecule has 0 spiro atoms. The van der Waals surface area contributed by atoms with Crippen molar-refractivity contribution in [2.24, 2.45) is 5.92 Å². The van der Waals surface area contributed by atoms with Crippen molar-refractivity contribution in [3.63, 3.8) is 0 Å². The predicted molar refractivity (Wildman–Crippen MR) is 102 cm³/mol. The Kier molecular flexibility index (Phi) is 5.07. The van der Waals surface area contributed by atoms with Crippen LogP contribution in [0.4, 0.5) is 10.2 Å². The van der Waals surface area contributed by atoms with Gasteiger partial charge in [0.2, 0.25) is 0 Å². The van der Waals surface area contributed by atoms with Crippen molar-refractivity contribution in [3.05, 3.63) is 66.2 Å². The van der Waals surface area contributed by atoms with Gasteiger partial charge in [0.15, 0.2) is 0 Å². The second-order valence-corrected chi connectivity index (χ2v) is 6.94. The second-order valence-electron chi connectivity index (χ2n) is 6.94. The first-order valence-electron chi connectivity index (χ1n) is 9.19. The molecule has 1 aliphatic heterocycles. The summed E-state index contributed by atoms with van der Waals surface area (Å²) in [5, 5.41) is 3.84. The molecular weight excluding hydrogens is 327 g/mol. The molecular formula is C21H23FN4. The first-order chi connectivity index (χ1) is 12.8. The van der Waals surface area contributed by atoms with Crippen LogP contribution in [0.5, 0.6) is 0 Å². The highest BCUT2D eigenvalue weighted by Gasteiger charge is 2.19. The molecule has 1 N–H and O–H groups in total. The van der Waals surface area contributed by atoms with Gasteiger partial charge in [-0.3, -0.25) is 4.90 Å². The van der Waals surface area contributed by atoms with E-state index in [0.717, 1.165) is 39.0 Å². The van der Waals surface area contributed by atoms with Crippen LogP contribution in [0.2, 0.25) is 0 Å². The summed E-state index contributed by atoms with van der Waals surface area (Å²) in [6.07, 6.45) is 3.78. The van der Waals surface area contributed by atoms with Gasteiger partial charge in [0.05, 0.1) is 10.9 Å². The SMILES string of the molecule is Fc1cccc2ncnc(NCC3CCN(Cc4ccccc4)CC3)c12. The summed E-state index contributed by atoms with van der Waals surface area (Å²) in [6, 6.07) is 15.6. The number of likely N-dealkylation sites (tertiary alicyclic amines) is 1. The van der Waals surface area contributed by atoms with Crippen molar-refractivity contribution in [2.75, 3.05) is 25.0 Å². The van der Waals surface area contributed by atoms with Gasteiger partial charge in [0, 0.05) is 13.1 Å². The lowest BCUT2D eigenvalue weighted by atomic mass is 9.96. The van der Waals surface area contributed by atoms with Crippen LogP contribution in [-0.2, 0) is 6.54 Å². The quantitative estimate of drug-likeness (QED) is 0.752. The molecule has 0 saturated carbocycles. The minimum absolute atomic E-state index is 0.275. The summed E-state index contributed by atoms with van der Waals surface area (Å²) in [4.78, 5) is 10.9. The summed E-state index contributed by atoms with van der Waals surface area (Å²) < 4.78 is 14.1. The maximum atomic E-state index is 14.1. The summed E-state index contributed by atoms with van der Waals surface area (Å²) >= 11 is 0. The Hall–Kier alpha value is -2.53. The fraction of sp³-hybridized carbons (Fsp3) is 0.333. The van der Waals surface area contributed by atoms with Crippen molar-refractivity contribution >= 4 is 16.7 Å². The van der Waals surface area contributed by atoms with Gasteiger partial charge in [-0.25, -0.2) is 14.4 Å². The maximum absolute atomic E-state index is 14.1. The van der Waals surface area contributed by atoms with Crippen molar-refractivity contribution < 1.29 is 4.39 Å². The molecule has 0 unspecified atom stereocenters. The van der Waals surface area contributed by atoms with Crippen molar-refractivity contribution in [1.82, 2.24) is 14.9 Å². The van der Waals surface area contributed by atoms with Crippen molar-refractivity contribution in [3.8, 4) is 0 Å². The lowest BCUT2D eigenvalue weighted by Gasteiger charge is -2.32. The number of rotatable bonds is 5. The molecule has 0 amide bonds. The second kappa shape index (κ2) is 7.79. The minimum Gasteiger partial charge on any atom is -0.369 e. The molecule has 4 nitrogen and oxygen atoms in total. The molecule has 0 radical (unpaired) electrons. The highest BCUT2D eigenvalue weighted by molar-refractivity contribution is 5.89. The molecule has 1 saturated heterocycles. The van der Waals surface area contributed by atoms with E-state index in [1.807, 2.05) is 6.07 Å². The summed E-state index contributed by atoms with van der Waals surface area (Å²) in [6.45, 7) is 4.03. The van der Waals surface area contributed by atoms with Crippen LogP contribution in [0.3, 0.4) is 0 Å². The summed E-state index contributed by atoms with van der Waals surface area (Å²) in [7, 11) is 0. The van der Waals surface area contributed by atoms with E-state index < -0.39 is 0 Å². The largest absolute Gasteiger partial charge is 0.369 e. The number of nitrogens with one attached hydrogen (secondary N) is 1. The highest BCUT2D eigenvalue weighted by atomic mass is 19.1. The Labute approximate surface area is 153 Å². The Morgan fingerprint density at radius 1 is 1.00 bits per heavy atom. The molecule has 5 heteroatoms. The molecule has 0 aliphatic carbocycles. The molecule has 1 fully saturated rings. The topological polar surface area (TPSA) is 41.1 Å². The van der Waals surface area contributed by atoms with Gasteiger partial charge >= 0.3 is 0 Å². The molecule has 0 atom stereocenters. The molecule has 1 aliphatic rings. The smallest absolute Gasteiger partial charge is 0.140 e. The number of benzene rings is 2. The van der Waals surface area contributed by atoms with Crippen molar-refractivity contribution in [2.45, 2.75) is 19.4 Å². The molecule has 2 heterocycles. The van der Waals surface area contributed by atoms with Crippen LogP contribution in [0.15, 0.2) is 54.9 Å².